The second-order valence-corrected chi connectivity index (χ2v) is 18.2. The lowest BCUT2D eigenvalue weighted by Crippen LogP contribution is -2.43. The minimum atomic E-state index is -3.71. The Kier molecular flexibility index (Phi) is 16.3. The van der Waals surface area contributed by atoms with Crippen LogP contribution in [0.1, 0.15) is 80.3 Å². The molecule has 3 aliphatic rings. The molecule has 2 aromatic carbocycles. The van der Waals surface area contributed by atoms with Crippen molar-refractivity contribution >= 4 is 39.0 Å². The van der Waals surface area contributed by atoms with Gasteiger partial charge >= 0.3 is 0 Å². The zero-order valence-corrected chi connectivity index (χ0v) is 36.2. The number of methoxy groups -OCH3 is 1. The molecular formula is C44H60ClN5O8S. The van der Waals surface area contributed by atoms with Gasteiger partial charge in [0, 0.05) is 68.7 Å². The molecular weight excluding hydrogens is 794 g/mol. The Morgan fingerprint density at radius 2 is 1.93 bits per heavy atom. The summed E-state index contributed by atoms with van der Waals surface area (Å²) in [7, 11) is -1.95. The highest BCUT2D eigenvalue weighted by molar-refractivity contribution is 7.92. The number of nitrogens with one attached hydrogen (secondary N) is 1. The van der Waals surface area contributed by atoms with Gasteiger partial charge in [0.1, 0.15) is 22.3 Å². The first-order valence-electron chi connectivity index (χ1n) is 20.9. The van der Waals surface area contributed by atoms with E-state index in [2.05, 4.69) is 44.7 Å². The van der Waals surface area contributed by atoms with E-state index in [4.69, 9.17) is 35.3 Å². The largest absolute Gasteiger partial charge is 0.491 e. The number of nitrogens with zero attached hydrogens (tertiary/aromatic N) is 4. The number of fused-ring (bicyclic) bond motifs is 2. The molecule has 0 spiro atoms. The topological polar surface area (TPSA) is 143 Å². The molecule has 1 aliphatic carbocycles. The first kappa shape index (κ1) is 44.6. The second kappa shape index (κ2) is 21.5. The number of hydrogen-bond donors (Lipinski definition) is 1. The SMILES string of the molecule is C=CC[C@H](COc1ccn(CC)n1)CS(=O)(=NC(=O)c1ccc2c(c1)N(C[C@@H]1CC[C@H]1[C@H](C)OC)Cc1ccc(Cl)cc1CCCCO2)NC(=O)COC1CCOCC1. The van der Waals surface area contributed by atoms with Crippen LogP contribution in [0.3, 0.4) is 0 Å². The molecule has 13 nitrogen and oxygen atoms in total. The van der Waals surface area contributed by atoms with Gasteiger partial charge in [0.2, 0.25) is 5.88 Å². The molecule has 1 saturated carbocycles. The van der Waals surface area contributed by atoms with Crippen LogP contribution in [0.15, 0.2) is 65.7 Å². The average molecular weight is 855 g/mol. The summed E-state index contributed by atoms with van der Waals surface area (Å²) in [5.74, 6) is -0.108. The molecule has 3 heterocycles. The summed E-state index contributed by atoms with van der Waals surface area (Å²) in [6, 6.07) is 13.1. The first-order chi connectivity index (χ1) is 28.6. The number of aromatic nitrogens is 2. The molecule has 0 radical (unpaired) electrons. The second-order valence-electron chi connectivity index (χ2n) is 15.8. The van der Waals surface area contributed by atoms with Gasteiger partial charge in [0.05, 0.1) is 36.9 Å². The maximum atomic E-state index is 14.9. The van der Waals surface area contributed by atoms with Gasteiger partial charge in [-0.05, 0) is 119 Å². The van der Waals surface area contributed by atoms with Crippen molar-refractivity contribution in [1.82, 2.24) is 14.5 Å². The highest BCUT2D eigenvalue weighted by atomic mass is 35.5. The van der Waals surface area contributed by atoms with Crippen LogP contribution in [0.5, 0.6) is 11.6 Å². The number of allylic oxidation sites excluding steroid dienone is 1. The van der Waals surface area contributed by atoms with Crippen molar-refractivity contribution in [1.29, 1.82) is 0 Å². The Morgan fingerprint density at radius 3 is 2.66 bits per heavy atom. The number of aryl methyl sites for hydroxylation is 2. The summed E-state index contributed by atoms with van der Waals surface area (Å²) in [5, 5.41) is 5.09. The van der Waals surface area contributed by atoms with Crippen molar-refractivity contribution in [2.24, 2.45) is 22.1 Å². The molecule has 59 heavy (non-hydrogen) atoms. The minimum Gasteiger partial charge on any atom is -0.491 e. The smallest absolute Gasteiger partial charge is 0.286 e. The number of rotatable bonds is 17. The van der Waals surface area contributed by atoms with Gasteiger partial charge in [-0.15, -0.1) is 16.0 Å². The van der Waals surface area contributed by atoms with Crippen molar-refractivity contribution in [2.45, 2.75) is 90.5 Å². The van der Waals surface area contributed by atoms with E-state index in [0.717, 1.165) is 43.4 Å². The number of halogens is 1. The number of carbonyl (C=O) groups excluding carboxylic acids is 2. The highest BCUT2D eigenvalue weighted by Gasteiger charge is 2.37. The summed E-state index contributed by atoms with van der Waals surface area (Å²) in [6.07, 6.45) is 9.96. The molecule has 15 heteroatoms. The van der Waals surface area contributed by atoms with E-state index < -0.39 is 27.6 Å². The number of amides is 2. The third kappa shape index (κ3) is 12.5. The Morgan fingerprint density at radius 1 is 1.10 bits per heavy atom. The van der Waals surface area contributed by atoms with Gasteiger partial charge in [-0.25, -0.2) is 4.21 Å². The molecule has 5 atom stereocenters. The van der Waals surface area contributed by atoms with Crippen molar-refractivity contribution in [3.05, 3.63) is 83.0 Å². The predicted octanol–water partition coefficient (Wildman–Crippen LogP) is 7.45. The number of carbonyl (C=O) groups is 2. The molecule has 2 aliphatic heterocycles. The van der Waals surface area contributed by atoms with Crippen molar-refractivity contribution in [3.8, 4) is 11.6 Å². The van der Waals surface area contributed by atoms with Crippen LogP contribution in [-0.4, -0.2) is 90.5 Å². The number of benzene rings is 2. The summed E-state index contributed by atoms with van der Waals surface area (Å²) in [6.45, 7) is 11.3. The standard InChI is InChI=1S/C44H60ClN5O8S/c1-5-9-32(28-58-43-17-20-50(6-2)46-43)30-59(53,47-42(51)29-57-38-18-22-55-23-19-38)48-44(52)34-13-16-41-40(25-34)49(27-36-12-15-39(36)31(3)54-4)26-35-11-14-37(45)24-33(35)10-7-8-21-56-41/h5,11,13-14,16-17,20,24-25,31-32,36,38-39H,1,6-10,12,15,18-19,21-23,26-30H2,2-4H3,(H,47,48,51,52,53)/t31-,32+,36-,39-,59?/m0/s1. The van der Waals surface area contributed by atoms with Gasteiger partial charge in [-0.3, -0.25) is 19.0 Å². The highest BCUT2D eigenvalue weighted by Crippen LogP contribution is 2.41. The monoisotopic (exact) mass is 853 g/mol. The normalized spacial score (nSPS) is 20.6. The van der Waals surface area contributed by atoms with Crippen LogP contribution in [0.4, 0.5) is 5.69 Å². The lowest BCUT2D eigenvalue weighted by Gasteiger charge is -2.43. The van der Waals surface area contributed by atoms with Crippen LogP contribution >= 0.6 is 11.6 Å². The fourth-order valence-electron chi connectivity index (χ4n) is 8.02. The minimum absolute atomic E-state index is 0.112. The summed E-state index contributed by atoms with van der Waals surface area (Å²) in [4.78, 5) is 30.0. The predicted molar refractivity (Wildman–Crippen MR) is 229 cm³/mol. The van der Waals surface area contributed by atoms with Crippen LogP contribution in [-0.2, 0) is 48.4 Å². The van der Waals surface area contributed by atoms with E-state index in [1.54, 1.807) is 42.1 Å². The van der Waals surface area contributed by atoms with E-state index in [-0.39, 0.29) is 36.7 Å². The Labute approximate surface area is 354 Å². The molecule has 3 aromatic rings. The molecule has 1 unspecified atom stereocenters. The van der Waals surface area contributed by atoms with Gasteiger partial charge in [0.25, 0.3) is 11.8 Å². The maximum absolute atomic E-state index is 14.9. The van der Waals surface area contributed by atoms with E-state index >= 15 is 0 Å². The lowest BCUT2D eigenvalue weighted by molar-refractivity contribution is -0.128. The molecule has 1 N–H and O–H groups in total. The van der Waals surface area contributed by atoms with Crippen molar-refractivity contribution < 1.29 is 37.5 Å². The Hall–Kier alpha value is -3.95. The lowest BCUT2D eigenvalue weighted by atomic mass is 9.70. The molecule has 6 rings (SSSR count). The third-order valence-electron chi connectivity index (χ3n) is 11.6. The van der Waals surface area contributed by atoms with E-state index in [9.17, 15) is 13.8 Å². The Balaban J connectivity index is 1.33. The van der Waals surface area contributed by atoms with E-state index in [0.29, 0.717) is 87.2 Å². The zero-order valence-electron chi connectivity index (χ0n) is 34.7. The fourth-order valence-corrected chi connectivity index (χ4v) is 10.1. The van der Waals surface area contributed by atoms with E-state index in [1.165, 1.54) is 5.56 Å². The van der Waals surface area contributed by atoms with Crippen LogP contribution in [0, 0.1) is 17.8 Å². The van der Waals surface area contributed by atoms with Gasteiger partial charge in [-0.1, -0.05) is 23.7 Å². The quantitative estimate of drug-likeness (QED) is 0.136. The summed E-state index contributed by atoms with van der Waals surface area (Å²) in [5.41, 5.74) is 3.32. The fraction of sp³-hybridized carbons (Fsp3) is 0.568. The molecule has 0 bridgehead atoms. The van der Waals surface area contributed by atoms with E-state index in [1.807, 2.05) is 19.2 Å². The first-order valence-corrected chi connectivity index (χ1v) is 23.0. The zero-order chi connectivity index (χ0) is 41.8. The number of hydrogen-bond acceptors (Lipinski definition) is 10. The van der Waals surface area contributed by atoms with Gasteiger partial charge in [-0.2, -0.15) is 0 Å². The molecule has 322 valence electrons. The molecule has 1 aromatic heterocycles. The maximum Gasteiger partial charge on any atom is 0.286 e. The summed E-state index contributed by atoms with van der Waals surface area (Å²) < 4.78 is 53.0. The van der Waals surface area contributed by atoms with Gasteiger partial charge in [0.15, 0.2) is 0 Å². The van der Waals surface area contributed by atoms with Crippen molar-refractivity contribution in [2.75, 3.05) is 57.3 Å². The third-order valence-corrected chi connectivity index (χ3v) is 13.7. The average Bonchev–Trinajstić information content (AvgIpc) is 3.68. The summed E-state index contributed by atoms with van der Waals surface area (Å²) >= 11 is 6.50. The van der Waals surface area contributed by atoms with Gasteiger partial charge < -0.3 is 28.6 Å². The number of ether oxygens (including phenoxy) is 5. The number of anilines is 1. The molecule has 1 saturated heterocycles. The van der Waals surface area contributed by atoms with Crippen LogP contribution in [0.2, 0.25) is 5.02 Å². The molecule has 2 fully saturated rings. The Bertz CT molecular complexity index is 2010. The van der Waals surface area contributed by atoms with Crippen LogP contribution in [0.25, 0.3) is 0 Å². The van der Waals surface area contributed by atoms with Crippen LogP contribution < -0.4 is 19.1 Å². The van der Waals surface area contributed by atoms with Crippen molar-refractivity contribution in [3.63, 3.8) is 0 Å². The molecule has 2 amide bonds.